The van der Waals surface area contributed by atoms with E-state index in [1.807, 2.05) is 29.4 Å². The van der Waals surface area contributed by atoms with E-state index in [-0.39, 0.29) is 40.9 Å². The molecule has 2 aromatic heterocycles. The number of amides is 1. The molecule has 0 bridgehead atoms. The first-order valence-electron chi connectivity index (χ1n) is 15.3. The molecule has 1 fully saturated rings. The molecule has 0 saturated carbocycles. The number of benzene rings is 1. The van der Waals surface area contributed by atoms with Gasteiger partial charge >= 0.3 is 0 Å². The molecule has 0 N–H and O–H groups in total. The molecule has 3 aromatic rings. The van der Waals surface area contributed by atoms with E-state index in [1.54, 1.807) is 6.92 Å². The van der Waals surface area contributed by atoms with Crippen LogP contribution in [0.1, 0.15) is 106 Å². The van der Waals surface area contributed by atoms with E-state index < -0.39 is 0 Å². The second-order valence-electron chi connectivity index (χ2n) is 12.8. The van der Waals surface area contributed by atoms with Crippen LogP contribution in [0.4, 0.5) is 4.39 Å². The summed E-state index contributed by atoms with van der Waals surface area (Å²) in [6.45, 7) is 12.8. The highest BCUT2D eigenvalue weighted by atomic mass is 19.1. The quantitative estimate of drug-likeness (QED) is 0.264. The third-order valence-corrected chi connectivity index (χ3v) is 9.99. The number of ketones is 1. The van der Waals surface area contributed by atoms with Crippen molar-refractivity contribution in [1.82, 2.24) is 14.5 Å². The van der Waals surface area contributed by atoms with Crippen molar-refractivity contribution >= 4 is 22.6 Å². The summed E-state index contributed by atoms with van der Waals surface area (Å²) in [6, 6.07) is 3.39. The highest BCUT2D eigenvalue weighted by Crippen LogP contribution is 2.48. The average Bonchev–Trinajstić information content (AvgIpc) is 3.47. The molecule has 4 atom stereocenters. The lowest BCUT2D eigenvalue weighted by atomic mass is 9.81. The van der Waals surface area contributed by atoms with E-state index in [9.17, 15) is 14.4 Å². The molecule has 4 heterocycles. The van der Waals surface area contributed by atoms with E-state index in [0.717, 1.165) is 46.0 Å². The van der Waals surface area contributed by atoms with E-state index in [2.05, 4.69) is 20.8 Å². The Morgan fingerprint density at radius 3 is 2.56 bits per heavy atom. The van der Waals surface area contributed by atoms with Crippen molar-refractivity contribution in [3.63, 3.8) is 0 Å². The minimum atomic E-state index is -0.362. The summed E-state index contributed by atoms with van der Waals surface area (Å²) in [5.74, 6) is 0.146. The van der Waals surface area contributed by atoms with Gasteiger partial charge in [0.1, 0.15) is 11.6 Å². The van der Waals surface area contributed by atoms with Crippen LogP contribution in [0.15, 0.2) is 16.9 Å². The summed E-state index contributed by atoms with van der Waals surface area (Å²) >= 11 is 0. The summed E-state index contributed by atoms with van der Waals surface area (Å²) in [5.41, 5.74) is 7.00. The van der Waals surface area contributed by atoms with Crippen molar-refractivity contribution < 1.29 is 14.0 Å². The number of carbonyl (C=O) groups excluding carboxylic acids is 2. The highest BCUT2D eigenvalue weighted by Gasteiger charge is 2.40. The molecule has 4 unspecified atom stereocenters. The second kappa shape index (κ2) is 10.2. The average molecular weight is 558 g/mol. The van der Waals surface area contributed by atoms with Gasteiger partial charge in [-0.25, -0.2) is 9.37 Å². The summed E-state index contributed by atoms with van der Waals surface area (Å²) in [7, 11) is 0. The van der Waals surface area contributed by atoms with Crippen molar-refractivity contribution in [2.24, 2.45) is 11.8 Å². The van der Waals surface area contributed by atoms with Crippen molar-refractivity contribution in [3.8, 4) is 11.4 Å². The Balaban J connectivity index is 1.64. The van der Waals surface area contributed by atoms with Gasteiger partial charge in [-0.3, -0.25) is 14.4 Å². The first-order valence-corrected chi connectivity index (χ1v) is 15.3. The highest BCUT2D eigenvalue weighted by molar-refractivity contribution is 5.94. The van der Waals surface area contributed by atoms with Crippen LogP contribution < -0.4 is 5.56 Å². The minimum Gasteiger partial charge on any atom is -0.335 e. The third-order valence-electron chi connectivity index (χ3n) is 9.99. The van der Waals surface area contributed by atoms with Gasteiger partial charge in [0, 0.05) is 41.5 Å². The number of likely N-dealkylation sites (tertiary alicyclic amines) is 1. The predicted molar refractivity (Wildman–Crippen MR) is 159 cm³/mol. The predicted octanol–water partition coefficient (Wildman–Crippen LogP) is 6.40. The lowest BCUT2D eigenvalue weighted by Crippen LogP contribution is -2.33. The summed E-state index contributed by atoms with van der Waals surface area (Å²) in [6.07, 6.45) is 4.10. The number of hydrogen-bond donors (Lipinski definition) is 0. The molecule has 1 amide bonds. The number of hydrogen-bond acceptors (Lipinski definition) is 4. The standard InChI is InChI=1S/C34H40FN3O3/c1-7-17(3)11-24-23(21(8-2)20(6)39)13-29-33-25(16-38(29)34(24)41)32-28(37-15-18(4)12-30(37)40)10-9-22-19(5)26(35)14-27(36-33)31(22)32/h13-14,17-18,21,28H,7-12,15-16H2,1-6H3. The fourth-order valence-electron chi connectivity index (χ4n) is 7.60. The van der Waals surface area contributed by atoms with Gasteiger partial charge in [-0.05, 0) is 79.7 Å². The summed E-state index contributed by atoms with van der Waals surface area (Å²) in [4.78, 5) is 47.2. The molecule has 216 valence electrons. The monoisotopic (exact) mass is 557 g/mol. The number of rotatable bonds is 7. The van der Waals surface area contributed by atoms with E-state index in [4.69, 9.17) is 4.98 Å². The Bertz CT molecular complexity index is 1670. The molecule has 41 heavy (non-hydrogen) atoms. The van der Waals surface area contributed by atoms with Crippen LogP contribution in [0.2, 0.25) is 0 Å². The van der Waals surface area contributed by atoms with Crippen molar-refractivity contribution in [2.75, 3.05) is 6.54 Å². The zero-order valence-electron chi connectivity index (χ0n) is 25.1. The van der Waals surface area contributed by atoms with Gasteiger partial charge in [-0.2, -0.15) is 0 Å². The number of aromatic nitrogens is 2. The smallest absolute Gasteiger partial charge is 0.254 e. The molecule has 2 aliphatic heterocycles. The molecular weight excluding hydrogens is 517 g/mol. The lowest BCUT2D eigenvalue weighted by molar-refractivity contribution is -0.130. The Morgan fingerprint density at radius 1 is 1.17 bits per heavy atom. The molecule has 3 aliphatic rings. The zero-order valence-corrected chi connectivity index (χ0v) is 25.1. The first-order chi connectivity index (χ1) is 19.5. The number of carbonyl (C=O) groups is 2. The van der Waals surface area contributed by atoms with Crippen LogP contribution in [-0.2, 0) is 29.0 Å². The van der Waals surface area contributed by atoms with Gasteiger partial charge in [-0.1, -0.05) is 34.1 Å². The number of pyridine rings is 2. The summed E-state index contributed by atoms with van der Waals surface area (Å²) in [5, 5.41) is 0.947. The molecule has 6 nitrogen and oxygen atoms in total. The van der Waals surface area contributed by atoms with Crippen LogP contribution >= 0.6 is 0 Å². The number of nitrogens with zero attached hydrogens (tertiary/aromatic N) is 3. The first kappa shape index (κ1) is 27.8. The molecular formula is C34H40FN3O3. The Morgan fingerprint density at radius 2 is 1.93 bits per heavy atom. The fourth-order valence-corrected chi connectivity index (χ4v) is 7.60. The van der Waals surface area contributed by atoms with Crippen LogP contribution in [0.25, 0.3) is 22.3 Å². The molecule has 1 aromatic carbocycles. The SMILES string of the molecule is CCC(C)Cc1c(C(CC)C(C)=O)cc2n(c1=O)Cc1c-2nc2cc(F)c(C)c3c2c1C(N1CC(C)CC1=O)CC3. The largest absolute Gasteiger partial charge is 0.335 e. The molecule has 0 radical (unpaired) electrons. The number of aryl methyl sites for hydroxylation is 1. The molecule has 1 aliphatic carbocycles. The van der Waals surface area contributed by atoms with Crippen molar-refractivity contribution in [2.45, 2.75) is 98.6 Å². The second-order valence-corrected chi connectivity index (χ2v) is 12.8. The molecule has 7 heteroatoms. The molecule has 6 rings (SSSR count). The Kier molecular flexibility index (Phi) is 6.90. The van der Waals surface area contributed by atoms with Crippen molar-refractivity contribution in [1.29, 1.82) is 0 Å². The van der Waals surface area contributed by atoms with E-state index in [0.29, 0.717) is 67.2 Å². The molecule has 1 saturated heterocycles. The zero-order chi connectivity index (χ0) is 29.3. The maximum atomic E-state index is 15.2. The van der Waals surface area contributed by atoms with Gasteiger partial charge < -0.3 is 9.47 Å². The van der Waals surface area contributed by atoms with Gasteiger partial charge in [0.25, 0.3) is 5.56 Å². The van der Waals surface area contributed by atoms with Crippen molar-refractivity contribution in [3.05, 3.63) is 61.7 Å². The maximum Gasteiger partial charge on any atom is 0.254 e. The number of fused-ring (bicyclic) bond motifs is 4. The normalized spacial score (nSPS) is 20.9. The van der Waals surface area contributed by atoms with Gasteiger partial charge in [-0.15, -0.1) is 0 Å². The van der Waals surface area contributed by atoms with Crippen LogP contribution in [0, 0.1) is 24.6 Å². The number of Topliss-reactive ketones (excluding diaryl/α,β-unsaturated/α-hetero) is 1. The van der Waals surface area contributed by atoms with Gasteiger partial charge in [0.15, 0.2) is 0 Å². The number of halogens is 1. The minimum absolute atomic E-state index is 0.0472. The van der Waals surface area contributed by atoms with Crippen LogP contribution in [-0.4, -0.2) is 32.7 Å². The van der Waals surface area contributed by atoms with Gasteiger partial charge in [0.2, 0.25) is 5.91 Å². The van der Waals surface area contributed by atoms with Crippen LogP contribution in [0.3, 0.4) is 0 Å². The third kappa shape index (κ3) is 4.26. The van der Waals surface area contributed by atoms with Gasteiger partial charge in [0.05, 0.1) is 29.5 Å². The Hall–Kier alpha value is -3.35. The summed E-state index contributed by atoms with van der Waals surface area (Å²) < 4.78 is 17.0. The van der Waals surface area contributed by atoms with E-state index in [1.165, 1.54) is 6.07 Å². The van der Waals surface area contributed by atoms with E-state index >= 15 is 4.39 Å². The topological polar surface area (TPSA) is 72.3 Å². The Labute approximate surface area is 241 Å². The van der Waals surface area contributed by atoms with Crippen LogP contribution in [0.5, 0.6) is 0 Å². The fraction of sp³-hybridized carbons (Fsp3) is 0.529. The lowest BCUT2D eigenvalue weighted by Gasteiger charge is -2.35. The molecule has 0 spiro atoms. The maximum absolute atomic E-state index is 15.2.